The van der Waals surface area contributed by atoms with E-state index in [1.165, 1.54) is 24.3 Å². The SMILES string of the molecule is Cc1cccc(NC2CC(=O)N(c3ccc(F)cc3)C2=O)c1. The number of carbonyl (C=O) groups is 2. The van der Waals surface area contributed by atoms with E-state index in [1.807, 2.05) is 31.2 Å². The summed E-state index contributed by atoms with van der Waals surface area (Å²) in [6.07, 6.45) is 0.0875. The summed E-state index contributed by atoms with van der Waals surface area (Å²) in [5, 5.41) is 3.09. The van der Waals surface area contributed by atoms with Crippen LogP contribution in [-0.4, -0.2) is 17.9 Å². The van der Waals surface area contributed by atoms with Gasteiger partial charge in [-0.2, -0.15) is 0 Å². The Balaban J connectivity index is 1.81. The molecule has 1 aliphatic rings. The van der Waals surface area contributed by atoms with Gasteiger partial charge in [-0.05, 0) is 48.9 Å². The molecule has 22 heavy (non-hydrogen) atoms. The highest BCUT2D eigenvalue weighted by molar-refractivity contribution is 6.23. The highest BCUT2D eigenvalue weighted by atomic mass is 19.1. The highest BCUT2D eigenvalue weighted by Crippen LogP contribution is 2.25. The Morgan fingerprint density at radius 3 is 2.55 bits per heavy atom. The first-order valence-corrected chi connectivity index (χ1v) is 7.00. The molecule has 0 aromatic heterocycles. The number of benzene rings is 2. The van der Waals surface area contributed by atoms with Crippen molar-refractivity contribution in [2.75, 3.05) is 10.2 Å². The summed E-state index contributed by atoms with van der Waals surface area (Å²) in [5.41, 5.74) is 2.26. The van der Waals surface area contributed by atoms with Crippen LogP contribution < -0.4 is 10.2 Å². The van der Waals surface area contributed by atoms with Crippen LogP contribution in [0, 0.1) is 12.7 Å². The average Bonchev–Trinajstić information content (AvgIpc) is 2.75. The van der Waals surface area contributed by atoms with Gasteiger partial charge in [-0.3, -0.25) is 9.59 Å². The normalized spacial score (nSPS) is 17.9. The molecule has 2 amide bonds. The summed E-state index contributed by atoms with van der Waals surface area (Å²) in [7, 11) is 0. The van der Waals surface area contributed by atoms with Crippen LogP contribution in [0.1, 0.15) is 12.0 Å². The van der Waals surface area contributed by atoms with E-state index < -0.39 is 11.9 Å². The number of anilines is 2. The monoisotopic (exact) mass is 298 g/mol. The molecule has 0 spiro atoms. The predicted molar refractivity (Wildman–Crippen MR) is 82.1 cm³/mol. The zero-order valence-corrected chi connectivity index (χ0v) is 12.0. The molecule has 1 N–H and O–H groups in total. The molecule has 1 aliphatic heterocycles. The van der Waals surface area contributed by atoms with Crippen LogP contribution in [-0.2, 0) is 9.59 Å². The lowest BCUT2D eigenvalue weighted by Gasteiger charge is -2.16. The molecule has 0 saturated carbocycles. The van der Waals surface area contributed by atoms with Crippen molar-refractivity contribution in [1.82, 2.24) is 0 Å². The van der Waals surface area contributed by atoms with Gasteiger partial charge in [0, 0.05) is 5.69 Å². The molecule has 4 nitrogen and oxygen atoms in total. The summed E-state index contributed by atoms with van der Waals surface area (Å²) in [5.74, 6) is -1.02. The molecule has 1 unspecified atom stereocenters. The first kappa shape index (κ1) is 14.3. The fourth-order valence-electron chi connectivity index (χ4n) is 2.54. The number of carbonyl (C=O) groups excluding carboxylic acids is 2. The van der Waals surface area contributed by atoms with E-state index in [0.29, 0.717) is 5.69 Å². The summed E-state index contributed by atoms with van der Waals surface area (Å²) >= 11 is 0. The van der Waals surface area contributed by atoms with Gasteiger partial charge in [0.1, 0.15) is 11.9 Å². The van der Waals surface area contributed by atoms with Crippen LogP contribution >= 0.6 is 0 Å². The largest absolute Gasteiger partial charge is 0.373 e. The number of nitrogens with zero attached hydrogens (tertiary/aromatic N) is 1. The standard InChI is InChI=1S/C17H15FN2O2/c1-11-3-2-4-13(9-11)19-15-10-16(21)20(17(15)22)14-7-5-12(18)6-8-14/h2-9,15,19H,10H2,1H3. The molecule has 1 heterocycles. The molecule has 0 aliphatic carbocycles. The van der Waals surface area contributed by atoms with E-state index in [0.717, 1.165) is 16.2 Å². The summed E-state index contributed by atoms with van der Waals surface area (Å²) in [4.78, 5) is 25.7. The van der Waals surface area contributed by atoms with Crippen molar-refractivity contribution in [3.8, 4) is 0 Å². The van der Waals surface area contributed by atoms with Crippen molar-refractivity contribution < 1.29 is 14.0 Å². The van der Waals surface area contributed by atoms with Gasteiger partial charge in [0.15, 0.2) is 0 Å². The zero-order chi connectivity index (χ0) is 15.7. The maximum Gasteiger partial charge on any atom is 0.256 e. The Morgan fingerprint density at radius 1 is 1.14 bits per heavy atom. The van der Waals surface area contributed by atoms with Crippen molar-refractivity contribution in [3.63, 3.8) is 0 Å². The maximum atomic E-state index is 13.0. The first-order chi connectivity index (χ1) is 10.5. The number of aryl methyl sites for hydroxylation is 1. The third-order valence-corrected chi connectivity index (χ3v) is 3.59. The van der Waals surface area contributed by atoms with E-state index >= 15 is 0 Å². The lowest BCUT2D eigenvalue weighted by Crippen LogP contribution is -2.34. The van der Waals surface area contributed by atoms with Gasteiger partial charge in [-0.15, -0.1) is 0 Å². The molecule has 112 valence electrons. The van der Waals surface area contributed by atoms with Crippen LogP contribution in [0.4, 0.5) is 15.8 Å². The number of halogens is 1. The highest BCUT2D eigenvalue weighted by Gasteiger charge is 2.39. The molecule has 0 radical (unpaired) electrons. The molecule has 0 bridgehead atoms. The predicted octanol–water partition coefficient (Wildman–Crippen LogP) is 2.88. The zero-order valence-electron chi connectivity index (χ0n) is 12.0. The third-order valence-electron chi connectivity index (χ3n) is 3.59. The van der Waals surface area contributed by atoms with Gasteiger partial charge >= 0.3 is 0 Å². The molecular weight excluding hydrogens is 283 g/mol. The number of hydrogen-bond donors (Lipinski definition) is 1. The molecule has 1 fully saturated rings. The minimum absolute atomic E-state index is 0.0875. The second-order valence-corrected chi connectivity index (χ2v) is 5.31. The van der Waals surface area contributed by atoms with E-state index in [9.17, 15) is 14.0 Å². The van der Waals surface area contributed by atoms with Crippen LogP contribution in [0.15, 0.2) is 48.5 Å². The minimum atomic E-state index is -0.598. The first-order valence-electron chi connectivity index (χ1n) is 7.00. The van der Waals surface area contributed by atoms with E-state index in [2.05, 4.69) is 5.32 Å². The Morgan fingerprint density at radius 2 is 1.86 bits per heavy atom. The molecule has 2 aromatic carbocycles. The molecule has 1 saturated heterocycles. The van der Waals surface area contributed by atoms with Gasteiger partial charge in [0.05, 0.1) is 12.1 Å². The van der Waals surface area contributed by atoms with E-state index in [1.54, 1.807) is 0 Å². The van der Waals surface area contributed by atoms with Gasteiger partial charge in [0.2, 0.25) is 5.91 Å². The molecular formula is C17H15FN2O2. The molecule has 5 heteroatoms. The summed E-state index contributed by atoms with van der Waals surface area (Å²) < 4.78 is 13.0. The number of rotatable bonds is 3. The molecule has 1 atom stereocenters. The fraction of sp³-hybridized carbons (Fsp3) is 0.176. The summed E-state index contributed by atoms with van der Waals surface area (Å²) in [6, 6.07) is 12.3. The number of amides is 2. The van der Waals surface area contributed by atoms with Gasteiger partial charge in [-0.1, -0.05) is 12.1 Å². The van der Waals surface area contributed by atoms with Gasteiger partial charge in [0.25, 0.3) is 5.91 Å². The second-order valence-electron chi connectivity index (χ2n) is 5.31. The Kier molecular flexibility index (Phi) is 3.63. The molecule has 2 aromatic rings. The van der Waals surface area contributed by atoms with Crippen LogP contribution in [0.25, 0.3) is 0 Å². The van der Waals surface area contributed by atoms with Crippen molar-refractivity contribution >= 4 is 23.2 Å². The fourth-order valence-corrected chi connectivity index (χ4v) is 2.54. The Bertz CT molecular complexity index is 728. The quantitative estimate of drug-likeness (QED) is 0.886. The van der Waals surface area contributed by atoms with Crippen molar-refractivity contribution in [1.29, 1.82) is 0 Å². The Hall–Kier alpha value is -2.69. The Labute approximate surface area is 127 Å². The summed E-state index contributed by atoms with van der Waals surface area (Å²) in [6.45, 7) is 1.96. The van der Waals surface area contributed by atoms with Crippen LogP contribution in [0.5, 0.6) is 0 Å². The van der Waals surface area contributed by atoms with Gasteiger partial charge in [-0.25, -0.2) is 9.29 Å². The lowest BCUT2D eigenvalue weighted by atomic mass is 10.2. The minimum Gasteiger partial charge on any atom is -0.373 e. The smallest absolute Gasteiger partial charge is 0.256 e. The molecule has 3 rings (SSSR count). The second kappa shape index (κ2) is 5.60. The van der Waals surface area contributed by atoms with E-state index in [-0.39, 0.29) is 18.2 Å². The topological polar surface area (TPSA) is 49.4 Å². The van der Waals surface area contributed by atoms with E-state index in [4.69, 9.17) is 0 Å². The van der Waals surface area contributed by atoms with Crippen LogP contribution in [0.3, 0.4) is 0 Å². The number of hydrogen-bond acceptors (Lipinski definition) is 3. The van der Waals surface area contributed by atoms with Crippen molar-refractivity contribution in [3.05, 3.63) is 59.9 Å². The van der Waals surface area contributed by atoms with Gasteiger partial charge < -0.3 is 5.32 Å². The lowest BCUT2D eigenvalue weighted by molar-refractivity contribution is -0.121. The maximum absolute atomic E-state index is 13.0. The third kappa shape index (κ3) is 2.70. The average molecular weight is 298 g/mol. The van der Waals surface area contributed by atoms with Crippen molar-refractivity contribution in [2.45, 2.75) is 19.4 Å². The van der Waals surface area contributed by atoms with Crippen molar-refractivity contribution in [2.24, 2.45) is 0 Å². The number of imide groups is 1. The number of nitrogens with one attached hydrogen (secondary N) is 1. The van der Waals surface area contributed by atoms with Crippen LogP contribution in [0.2, 0.25) is 0 Å².